The number of aromatic nitrogens is 2. The molecule has 0 radical (unpaired) electrons. The summed E-state index contributed by atoms with van der Waals surface area (Å²) in [6.07, 6.45) is 1.36. The normalized spacial score (nSPS) is 13.0. The fourth-order valence-corrected chi connectivity index (χ4v) is 3.60. The monoisotopic (exact) mass is 379 g/mol. The highest BCUT2D eigenvalue weighted by atomic mass is 32.2. The molecule has 2 aromatic rings. The van der Waals surface area contributed by atoms with Gasteiger partial charge in [0.1, 0.15) is 0 Å². The van der Waals surface area contributed by atoms with Crippen molar-refractivity contribution in [1.29, 1.82) is 0 Å². The third-order valence-corrected chi connectivity index (χ3v) is 5.92. The molecule has 0 aliphatic carbocycles. The van der Waals surface area contributed by atoms with Gasteiger partial charge < -0.3 is 10.4 Å². The van der Waals surface area contributed by atoms with Gasteiger partial charge in [-0.25, -0.2) is 13.1 Å². The van der Waals surface area contributed by atoms with Crippen molar-refractivity contribution in [3.63, 3.8) is 0 Å². The van der Waals surface area contributed by atoms with Crippen LogP contribution in [-0.4, -0.2) is 46.8 Å². The van der Waals surface area contributed by atoms with Gasteiger partial charge in [-0.05, 0) is 30.5 Å². The number of carbonyl (C=O) groups excluding carboxylic acids is 1. The third kappa shape index (κ3) is 4.85. The zero-order valence-corrected chi connectivity index (χ0v) is 16.2. The van der Waals surface area contributed by atoms with E-state index in [1.807, 2.05) is 24.3 Å². The Hall–Kier alpha value is -2.35. The second-order valence-electron chi connectivity index (χ2n) is 6.63. The lowest BCUT2D eigenvalue weighted by Gasteiger charge is -2.12. The van der Waals surface area contributed by atoms with Gasteiger partial charge in [0.2, 0.25) is 0 Å². The number of sulfone groups is 1. The van der Waals surface area contributed by atoms with Gasteiger partial charge >= 0.3 is 0 Å². The Kier molecular flexibility index (Phi) is 6.07. The van der Waals surface area contributed by atoms with Crippen LogP contribution in [0.2, 0.25) is 0 Å². The Labute approximate surface area is 154 Å². The van der Waals surface area contributed by atoms with Gasteiger partial charge in [0, 0.05) is 11.8 Å². The standard InChI is InChI=1S/C18H25N3O4S/c1-5-26(24,25)11-13(4)19-18(23)17-16(22)10-21(20-17)15-8-6-7-14(9-15)12(2)3/h6-10,12-13,22H,5,11H2,1-4H3,(H,19,23)/t13-/m0/s1. The molecule has 2 N–H and O–H groups in total. The molecule has 1 heterocycles. The van der Waals surface area contributed by atoms with Crippen LogP contribution in [0.1, 0.15) is 49.7 Å². The summed E-state index contributed by atoms with van der Waals surface area (Å²) in [6, 6.07) is 7.08. The van der Waals surface area contributed by atoms with Gasteiger partial charge in [0.25, 0.3) is 5.91 Å². The summed E-state index contributed by atoms with van der Waals surface area (Å²) in [5.74, 6) is -0.682. The minimum Gasteiger partial charge on any atom is -0.504 e. The number of rotatable bonds is 7. The van der Waals surface area contributed by atoms with E-state index < -0.39 is 21.8 Å². The van der Waals surface area contributed by atoms with Crippen LogP contribution in [0.5, 0.6) is 5.75 Å². The third-order valence-electron chi connectivity index (χ3n) is 4.03. The highest BCUT2D eigenvalue weighted by Crippen LogP contribution is 2.21. The van der Waals surface area contributed by atoms with E-state index in [0.717, 1.165) is 11.3 Å². The number of amides is 1. The van der Waals surface area contributed by atoms with Crippen LogP contribution < -0.4 is 5.32 Å². The van der Waals surface area contributed by atoms with E-state index in [1.165, 1.54) is 10.9 Å². The Morgan fingerprint density at radius 3 is 2.62 bits per heavy atom. The van der Waals surface area contributed by atoms with Crippen LogP contribution in [0.3, 0.4) is 0 Å². The maximum Gasteiger partial charge on any atom is 0.275 e. The predicted octanol–water partition coefficient (Wildman–Crippen LogP) is 2.25. The molecule has 0 unspecified atom stereocenters. The van der Waals surface area contributed by atoms with Crippen LogP contribution in [-0.2, 0) is 9.84 Å². The molecule has 0 aliphatic heterocycles. The number of hydrogen-bond donors (Lipinski definition) is 2. The summed E-state index contributed by atoms with van der Waals surface area (Å²) < 4.78 is 24.7. The Bertz CT molecular complexity index is 888. The van der Waals surface area contributed by atoms with E-state index in [1.54, 1.807) is 13.8 Å². The molecule has 0 saturated carbocycles. The fourth-order valence-electron chi connectivity index (χ4n) is 2.52. The lowest BCUT2D eigenvalue weighted by atomic mass is 10.0. The number of hydrogen-bond acceptors (Lipinski definition) is 5. The average molecular weight is 379 g/mol. The van der Waals surface area contributed by atoms with E-state index in [0.29, 0.717) is 5.92 Å². The van der Waals surface area contributed by atoms with E-state index in [4.69, 9.17) is 0 Å². The SMILES string of the molecule is CCS(=O)(=O)C[C@H](C)NC(=O)c1nn(-c2cccc(C(C)C)c2)cc1O. The first kappa shape index (κ1) is 20.0. The van der Waals surface area contributed by atoms with Gasteiger partial charge in [-0.2, -0.15) is 5.10 Å². The quantitative estimate of drug-likeness (QED) is 0.768. The van der Waals surface area contributed by atoms with E-state index >= 15 is 0 Å². The lowest BCUT2D eigenvalue weighted by molar-refractivity contribution is 0.0935. The maximum absolute atomic E-state index is 12.3. The van der Waals surface area contributed by atoms with Crippen LogP contribution in [0.15, 0.2) is 30.5 Å². The summed E-state index contributed by atoms with van der Waals surface area (Å²) in [4.78, 5) is 12.3. The van der Waals surface area contributed by atoms with E-state index in [9.17, 15) is 18.3 Å². The van der Waals surface area contributed by atoms with Crippen LogP contribution in [0, 0.1) is 0 Å². The Balaban J connectivity index is 2.19. The van der Waals surface area contributed by atoms with E-state index in [-0.39, 0.29) is 22.9 Å². The Morgan fingerprint density at radius 1 is 1.31 bits per heavy atom. The minimum absolute atomic E-state index is 0.0132. The zero-order chi connectivity index (χ0) is 19.5. The van der Waals surface area contributed by atoms with E-state index in [2.05, 4.69) is 24.3 Å². The molecular formula is C18H25N3O4S. The number of aromatic hydroxyl groups is 1. The topological polar surface area (TPSA) is 101 Å². The van der Waals surface area contributed by atoms with Crippen molar-refractivity contribution in [1.82, 2.24) is 15.1 Å². The number of carbonyl (C=O) groups is 1. The minimum atomic E-state index is -3.21. The molecule has 7 nitrogen and oxygen atoms in total. The molecule has 0 aliphatic rings. The molecule has 26 heavy (non-hydrogen) atoms. The molecule has 2 rings (SSSR count). The Morgan fingerprint density at radius 2 is 2.00 bits per heavy atom. The smallest absolute Gasteiger partial charge is 0.275 e. The fraction of sp³-hybridized carbons (Fsp3) is 0.444. The molecular weight excluding hydrogens is 354 g/mol. The predicted molar refractivity (Wildman–Crippen MR) is 101 cm³/mol. The molecule has 142 valence electrons. The van der Waals surface area contributed by atoms with Crippen molar-refractivity contribution in [2.75, 3.05) is 11.5 Å². The first-order chi connectivity index (χ1) is 12.1. The largest absolute Gasteiger partial charge is 0.504 e. The second-order valence-corrected chi connectivity index (χ2v) is 9.03. The molecule has 1 aromatic heterocycles. The van der Waals surface area contributed by atoms with Crippen molar-refractivity contribution in [2.45, 2.75) is 39.7 Å². The molecule has 1 aromatic carbocycles. The van der Waals surface area contributed by atoms with Crippen molar-refractivity contribution in [3.8, 4) is 11.4 Å². The van der Waals surface area contributed by atoms with Gasteiger partial charge in [-0.3, -0.25) is 4.79 Å². The summed E-state index contributed by atoms with van der Waals surface area (Å²) in [5.41, 5.74) is 1.70. The lowest BCUT2D eigenvalue weighted by Crippen LogP contribution is -2.38. The van der Waals surface area contributed by atoms with Crippen molar-refractivity contribution in [2.24, 2.45) is 0 Å². The van der Waals surface area contributed by atoms with Crippen molar-refractivity contribution >= 4 is 15.7 Å². The molecule has 0 fully saturated rings. The zero-order valence-electron chi connectivity index (χ0n) is 15.4. The number of nitrogens with zero attached hydrogens (tertiary/aromatic N) is 2. The molecule has 0 saturated heterocycles. The molecule has 1 atom stereocenters. The summed E-state index contributed by atoms with van der Waals surface area (Å²) >= 11 is 0. The number of nitrogens with one attached hydrogen (secondary N) is 1. The van der Waals surface area contributed by atoms with Gasteiger partial charge in [0.15, 0.2) is 21.3 Å². The summed E-state index contributed by atoms with van der Waals surface area (Å²) in [6.45, 7) is 7.31. The van der Waals surface area contributed by atoms with Crippen LogP contribution in [0.25, 0.3) is 5.69 Å². The second kappa shape index (κ2) is 7.90. The first-order valence-electron chi connectivity index (χ1n) is 8.53. The van der Waals surface area contributed by atoms with Gasteiger partial charge in [0.05, 0.1) is 17.6 Å². The highest BCUT2D eigenvalue weighted by Gasteiger charge is 2.21. The van der Waals surface area contributed by atoms with Crippen LogP contribution >= 0.6 is 0 Å². The summed E-state index contributed by atoms with van der Waals surface area (Å²) in [7, 11) is -3.21. The maximum atomic E-state index is 12.3. The van der Waals surface area contributed by atoms with Crippen LogP contribution in [0.4, 0.5) is 0 Å². The van der Waals surface area contributed by atoms with Gasteiger partial charge in [-0.15, -0.1) is 0 Å². The molecule has 0 bridgehead atoms. The summed E-state index contributed by atoms with van der Waals surface area (Å²) in [5, 5.41) is 16.8. The number of benzene rings is 1. The first-order valence-corrected chi connectivity index (χ1v) is 10.3. The van der Waals surface area contributed by atoms with Crippen molar-refractivity contribution in [3.05, 3.63) is 41.7 Å². The molecule has 0 spiro atoms. The molecule has 1 amide bonds. The van der Waals surface area contributed by atoms with Gasteiger partial charge in [-0.1, -0.05) is 32.9 Å². The highest BCUT2D eigenvalue weighted by molar-refractivity contribution is 7.91. The molecule has 8 heteroatoms. The van der Waals surface area contributed by atoms with Crippen molar-refractivity contribution < 1.29 is 18.3 Å². The average Bonchev–Trinajstić information content (AvgIpc) is 2.96.